The highest BCUT2D eigenvalue weighted by molar-refractivity contribution is 6.32. The maximum absolute atomic E-state index is 11.7. The molecule has 0 atom stereocenters. The van der Waals surface area contributed by atoms with E-state index in [1.54, 1.807) is 6.07 Å². The Bertz CT molecular complexity index is 375. The fourth-order valence-corrected chi connectivity index (χ4v) is 1.90. The Hall–Kier alpha value is -1.04. The van der Waals surface area contributed by atoms with Crippen LogP contribution in [0.2, 0.25) is 5.22 Å². The Kier molecular flexibility index (Phi) is 4.42. The zero-order chi connectivity index (χ0) is 12.1. The number of furan rings is 1. The van der Waals surface area contributed by atoms with Crippen LogP contribution in [0.5, 0.6) is 0 Å². The number of carbonyl (C=O) groups is 1. The minimum Gasteiger partial charge on any atom is -0.452 e. The zero-order valence-electron chi connectivity index (χ0n) is 9.45. The molecule has 0 unspecified atom stereocenters. The monoisotopic (exact) mass is 258 g/mol. The van der Waals surface area contributed by atoms with Crippen molar-refractivity contribution in [1.82, 2.24) is 10.2 Å². The first-order valence-corrected chi connectivity index (χ1v) is 5.96. The Morgan fingerprint density at radius 2 is 2.24 bits per heavy atom. The first kappa shape index (κ1) is 12.4. The number of nitrogens with one attached hydrogen (secondary N) is 1. The van der Waals surface area contributed by atoms with E-state index in [-0.39, 0.29) is 11.1 Å². The molecule has 2 rings (SSSR count). The molecular weight excluding hydrogens is 244 g/mol. The van der Waals surface area contributed by atoms with Crippen molar-refractivity contribution in [2.24, 2.45) is 0 Å². The van der Waals surface area contributed by atoms with E-state index in [2.05, 4.69) is 10.2 Å². The van der Waals surface area contributed by atoms with E-state index >= 15 is 0 Å². The minimum absolute atomic E-state index is 0.133. The number of morpholine rings is 1. The van der Waals surface area contributed by atoms with Gasteiger partial charge in [0.25, 0.3) is 5.91 Å². The SMILES string of the molecule is O=C(NCCN1CCOCC1)c1ccoc1Cl. The summed E-state index contributed by atoms with van der Waals surface area (Å²) in [6.45, 7) is 4.79. The number of nitrogens with zero attached hydrogens (tertiary/aromatic N) is 1. The van der Waals surface area contributed by atoms with E-state index in [0.717, 1.165) is 32.8 Å². The highest BCUT2D eigenvalue weighted by Gasteiger charge is 2.14. The lowest BCUT2D eigenvalue weighted by Gasteiger charge is -2.26. The van der Waals surface area contributed by atoms with Gasteiger partial charge in [-0.15, -0.1) is 0 Å². The maximum Gasteiger partial charge on any atom is 0.256 e. The van der Waals surface area contributed by atoms with Gasteiger partial charge in [-0.2, -0.15) is 0 Å². The Morgan fingerprint density at radius 1 is 1.47 bits per heavy atom. The summed E-state index contributed by atoms with van der Waals surface area (Å²) in [5.74, 6) is -0.197. The Labute approximate surface area is 105 Å². The lowest BCUT2D eigenvalue weighted by Crippen LogP contribution is -2.41. The van der Waals surface area contributed by atoms with Crippen molar-refractivity contribution in [2.45, 2.75) is 0 Å². The van der Waals surface area contributed by atoms with E-state index in [9.17, 15) is 4.79 Å². The van der Waals surface area contributed by atoms with Gasteiger partial charge in [0.1, 0.15) is 0 Å². The van der Waals surface area contributed by atoms with Crippen molar-refractivity contribution < 1.29 is 13.9 Å². The van der Waals surface area contributed by atoms with Gasteiger partial charge in [-0.3, -0.25) is 9.69 Å². The van der Waals surface area contributed by atoms with Gasteiger partial charge < -0.3 is 14.5 Å². The number of ether oxygens (including phenoxy) is 1. The van der Waals surface area contributed by atoms with Crippen LogP contribution in [0.25, 0.3) is 0 Å². The van der Waals surface area contributed by atoms with E-state index in [0.29, 0.717) is 12.1 Å². The first-order chi connectivity index (χ1) is 8.27. The summed E-state index contributed by atoms with van der Waals surface area (Å²) in [4.78, 5) is 13.9. The van der Waals surface area contributed by atoms with E-state index in [4.69, 9.17) is 20.8 Å². The third-order valence-corrected chi connectivity index (χ3v) is 2.97. The summed E-state index contributed by atoms with van der Waals surface area (Å²) in [5, 5.41) is 2.94. The summed E-state index contributed by atoms with van der Waals surface area (Å²) in [6.07, 6.45) is 1.40. The van der Waals surface area contributed by atoms with Crippen LogP contribution in [0, 0.1) is 0 Å². The van der Waals surface area contributed by atoms with Crippen molar-refractivity contribution >= 4 is 17.5 Å². The van der Waals surface area contributed by atoms with Gasteiger partial charge in [0, 0.05) is 26.2 Å². The van der Waals surface area contributed by atoms with Crippen molar-refractivity contribution in [1.29, 1.82) is 0 Å². The Balaban J connectivity index is 1.71. The van der Waals surface area contributed by atoms with Crippen LogP contribution in [-0.4, -0.2) is 50.2 Å². The third-order valence-electron chi connectivity index (χ3n) is 2.68. The van der Waals surface area contributed by atoms with Crippen LogP contribution in [0.15, 0.2) is 16.7 Å². The molecule has 1 aliphatic heterocycles. The fraction of sp³-hybridized carbons (Fsp3) is 0.545. The molecule has 5 nitrogen and oxygen atoms in total. The van der Waals surface area contributed by atoms with Gasteiger partial charge >= 0.3 is 0 Å². The van der Waals surface area contributed by atoms with Crippen LogP contribution in [0.4, 0.5) is 0 Å². The predicted molar refractivity (Wildman–Crippen MR) is 63.3 cm³/mol. The molecule has 1 fully saturated rings. The Morgan fingerprint density at radius 3 is 2.88 bits per heavy atom. The number of carbonyl (C=O) groups excluding carboxylic acids is 1. The third kappa shape index (κ3) is 3.46. The molecule has 1 aromatic rings. The zero-order valence-corrected chi connectivity index (χ0v) is 10.2. The highest BCUT2D eigenvalue weighted by Crippen LogP contribution is 2.15. The standard InChI is InChI=1S/C11H15ClN2O3/c12-10-9(1-6-17-10)11(15)13-2-3-14-4-7-16-8-5-14/h1,6H,2-5,7-8H2,(H,13,15). The lowest BCUT2D eigenvalue weighted by atomic mass is 10.3. The molecule has 1 amide bonds. The highest BCUT2D eigenvalue weighted by atomic mass is 35.5. The number of rotatable bonds is 4. The molecule has 0 radical (unpaired) electrons. The van der Waals surface area contributed by atoms with Gasteiger partial charge in [-0.25, -0.2) is 0 Å². The fourth-order valence-electron chi connectivity index (χ4n) is 1.70. The molecule has 0 aromatic carbocycles. The smallest absolute Gasteiger partial charge is 0.256 e. The molecule has 1 N–H and O–H groups in total. The molecule has 0 saturated carbocycles. The van der Waals surface area contributed by atoms with Gasteiger partial charge in [-0.05, 0) is 17.7 Å². The summed E-state index contributed by atoms with van der Waals surface area (Å²) in [5.41, 5.74) is 0.383. The first-order valence-electron chi connectivity index (χ1n) is 5.58. The molecular formula is C11H15ClN2O3. The number of amides is 1. The summed E-state index contributed by atoms with van der Waals surface area (Å²) < 4.78 is 10.1. The number of hydrogen-bond acceptors (Lipinski definition) is 4. The normalized spacial score (nSPS) is 17.0. The molecule has 17 heavy (non-hydrogen) atoms. The topological polar surface area (TPSA) is 54.7 Å². The average molecular weight is 259 g/mol. The molecule has 1 aromatic heterocycles. The summed E-state index contributed by atoms with van der Waals surface area (Å²) in [7, 11) is 0. The molecule has 0 aliphatic carbocycles. The molecule has 2 heterocycles. The summed E-state index contributed by atoms with van der Waals surface area (Å²) >= 11 is 5.71. The van der Waals surface area contributed by atoms with E-state index in [1.807, 2.05) is 0 Å². The molecule has 6 heteroatoms. The molecule has 1 saturated heterocycles. The van der Waals surface area contributed by atoms with Crippen molar-refractivity contribution in [3.8, 4) is 0 Å². The van der Waals surface area contributed by atoms with Gasteiger partial charge in [0.05, 0.1) is 25.0 Å². The molecule has 0 bridgehead atoms. The molecule has 94 valence electrons. The van der Waals surface area contributed by atoms with E-state index in [1.165, 1.54) is 6.26 Å². The second-order valence-electron chi connectivity index (χ2n) is 3.82. The number of halogens is 1. The van der Waals surface area contributed by atoms with E-state index < -0.39 is 0 Å². The van der Waals surface area contributed by atoms with Crippen molar-refractivity contribution in [3.05, 3.63) is 23.1 Å². The van der Waals surface area contributed by atoms with Crippen LogP contribution >= 0.6 is 11.6 Å². The largest absolute Gasteiger partial charge is 0.452 e. The average Bonchev–Trinajstić information content (AvgIpc) is 2.77. The van der Waals surface area contributed by atoms with Crippen LogP contribution in [0.1, 0.15) is 10.4 Å². The van der Waals surface area contributed by atoms with Crippen molar-refractivity contribution in [2.75, 3.05) is 39.4 Å². The van der Waals surface area contributed by atoms with Crippen LogP contribution < -0.4 is 5.32 Å². The molecule has 0 spiro atoms. The lowest BCUT2D eigenvalue weighted by molar-refractivity contribution is 0.0383. The van der Waals surface area contributed by atoms with Crippen LogP contribution in [-0.2, 0) is 4.74 Å². The van der Waals surface area contributed by atoms with Gasteiger partial charge in [0.15, 0.2) is 0 Å². The molecule has 1 aliphatic rings. The minimum atomic E-state index is -0.197. The maximum atomic E-state index is 11.7. The quantitative estimate of drug-likeness (QED) is 0.875. The van der Waals surface area contributed by atoms with Gasteiger partial charge in [0.2, 0.25) is 5.22 Å². The number of hydrogen-bond donors (Lipinski definition) is 1. The predicted octanol–water partition coefficient (Wildman–Crippen LogP) is 0.995. The summed E-state index contributed by atoms with van der Waals surface area (Å²) in [6, 6.07) is 1.56. The van der Waals surface area contributed by atoms with Crippen LogP contribution in [0.3, 0.4) is 0 Å². The van der Waals surface area contributed by atoms with Gasteiger partial charge in [-0.1, -0.05) is 0 Å². The second kappa shape index (κ2) is 6.05. The second-order valence-corrected chi connectivity index (χ2v) is 4.16. The van der Waals surface area contributed by atoms with Crippen molar-refractivity contribution in [3.63, 3.8) is 0 Å².